The fourth-order valence-corrected chi connectivity index (χ4v) is 2.72. The zero-order valence-corrected chi connectivity index (χ0v) is 16.3. The average Bonchev–Trinajstić information content (AvgIpc) is 3.10. The van der Waals surface area contributed by atoms with E-state index in [0.29, 0.717) is 0 Å². The van der Waals surface area contributed by atoms with E-state index in [2.05, 4.69) is 60.2 Å². The molecule has 0 saturated carbocycles. The predicted octanol–water partition coefficient (Wildman–Crippen LogP) is 3.54. The largest absolute Gasteiger partial charge is 0.357 e. The predicted molar refractivity (Wildman–Crippen MR) is 105 cm³/mol. The second-order valence-corrected chi connectivity index (χ2v) is 5.71. The minimum absolute atomic E-state index is 0. The van der Waals surface area contributed by atoms with Crippen molar-refractivity contribution in [1.82, 2.24) is 14.8 Å². The van der Waals surface area contributed by atoms with Gasteiger partial charge >= 0.3 is 0 Å². The molecule has 4 nitrogen and oxygen atoms in total. The molecule has 0 atom stereocenters. The fraction of sp³-hybridized carbons (Fsp3) is 0.588. The molecule has 22 heavy (non-hydrogen) atoms. The Bertz CT molecular complexity index is 505. The van der Waals surface area contributed by atoms with E-state index in [0.717, 1.165) is 32.0 Å². The molecule has 1 aliphatic carbocycles. The van der Waals surface area contributed by atoms with Crippen molar-refractivity contribution in [2.24, 2.45) is 12.0 Å². The van der Waals surface area contributed by atoms with E-state index < -0.39 is 0 Å². The molecule has 5 heteroatoms. The molecular weight excluding hydrogens is 387 g/mol. The molecule has 0 amide bonds. The number of guanidine groups is 1. The Kier molecular flexibility index (Phi) is 8.60. The number of aromatic nitrogens is 1. The third-order valence-electron chi connectivity index (χ3n) is 3.98. The molecule has 0 fully saturated rings. The van der Waals surface area contributed by atoms with Crippen LogP contribution >= 0.6 is 24.0 Å². The van der Waals surface area contributed by atoms with Gasteiger partial charge in [0.25, 0.3) is 0 Å². The molecule has 0 spiro atoms. The molecule has 0 bridgehead atoms. The van der Waals surface area contributed by atoms with E-state index in [1.807, 2.05) is 0 Å². The highest BCUT2D eigenvalue weighted by molar-refractivity contribution is 14.0. The van der Waals surface area contributed by atoms with Crippen LogP contribution in [-0.4, -0.2) is 35.6 Å². The summed E-state index contributed by atoms with van der Waals surface area (Å²) in [5.74, 6) is 0.997. The normalized spacial score (nSPS) is 14.5. The Labute approximate surface area is 151 Å². The highest BCUT2D eigenvalue weighted by Gasteiger charge is 2.09. The monoisotopic (exact) mass is 416 g/mol. The quantitative estimate of drug-likeness (QED) is 0.333. The molecule has 2 rings (SSSR count). The maximum Gasteiger partial charge on any atom is 0.194 e. The van der Waals surface area contributed by atoms with Gasteiger partial charge in [-0.25, -0.2) is 0 Å². The Hall–Kier alpha value is -0.980. The molecule has 0 aliphatic heterocycles. The van der Waals surface area contributed by atoms with Crippen molar-refractivity contribution in [1.29, 1.82) is 0 Å². The summed E-state index contributed by atoms with van der Waals surface area (Å²) in [6, 6.07) is 4.24. The highest BCUT2D eigenvalue weighted by atomic mass is 127. The van der Waals surface area contributed by atoms with Crippen LogP contribution < -0.4 is 5.32 Å². The van der Waals surface area contributed by atoms with Crippen LogP contribution in [-0.2, 0) is 13.6 Å². The van der Waals surface area contributed by atoms with Crippen LogP contribution in [0.25, 0.3) is 0 Å². The fourth-order valence-electron chi connectivity index (χ4n) is 2.72. The van der Waals surface area contributed by atoms with E-state index in [1.54, 1.807) is 5.57 Å². The maximum absolute atomic E-state index is 4.77. The smallest absolute Gasteiger partial charge is 0.194 e. The van der Waals surface area contributed by atoms with Crippen LogP contribution in [0.1, 0.15) is 38.3 Å². The molecule has 1 aromatic heterocycles. The maximum atomic E-state index is 4.77. The van der Waals surface area contributed by atoms with Gasteiger partial charge in [0.2, 0.25) is 0 Å². The van der Waals surface area contributed by atoms with Gasteiger partial charge in [0.05, 0.1) is 6.54 Å². The molecule has 1 N–H and O–H groups in total. The molecule has 0 aromatic carbocycles. The van der Waals surface area contributed by atoms with Crippen molar-refractivity contribution in [3.63, 3.8) is 0 Å². The van der Waals surface area contributed by atoms with Gasteiger partial charge in [-0.1, -0.05) is 11.6 Å². The van der Waals surface area contributed by atoms with Crippen LogP contribution in [0.2, 0.25) is 0 Å². The van der Waals surface area contributed by atoms with E-state index in [-0.39, 0.29) is 24.0 Å². The zero-order valence-electron chi connectivity index (χ0n) is 14.0. The summed E-state index contributed by atoms with van der Waals surface area (Å²) in [4.78, 5) is 6.96. The number of hydrogen-bond donors (Lipinski definition) is 1. The first-order valence-electron chi connectivity index (χ1n) is 7.98. The number of nitrogens with zero attached hydrogens (tertiary/aromatic N) is 3. The van der Waals surface area contributed by atoms with Crippen LogP contribution in [0.3, 0.4) is 0 Å². The summed E-state index contributed by atoms with van der Waals surface area (Å²) >= 11 is 0. The van der Waals surface area contributed by atoms with Gasteiger partial charge in [-0.15, -0.1) is 24.0 Å². The summed E-state index contributed by atoms with van der Waals surface area (Å²) in [5.41, 5.74) is 2.88. The number of allylic oxidation sites excluding steroid dienone is 1. The first-order valence-corrected chi connectivity index (χ1v) is 7.98. The lowest BCUT2D eigenvalue weighted by Crippen LogP contribution is -2.38. The van der Waals surface area contributed by atoms with Crippen LogP contribution in [0.5, 0.6) is 0 Å². The number of nitrogens with one attached hydrogen (secondary N) is 1. The molecule has 0 saturated heterocycles. The SMILES string of the molecule is CCNC(=NCCC1=CCCC1)N(C)Cc1cccn1C.I. The van der Waals surface area contributed by atoms with Gasteiger partial charge in [-0.2, -0.15) is 0 Å². The minimum atomic E-state index is 0. The summed E-state index contributed by atoms with van der Waals surface area (Å²) in [6.07, 6.45) is 9.42. The van der Waals surface area contributed by atoms with Crippen molar-refractivity contribution in [2.45, 2.75) is 39.2 Å². The summed E-state index contributed by atoms with van der Waals surface area (Å²) < 4.78 is 2.16. The van der Waals surface area contributed by atoms with Crippen LogP contribution in [0, 0.1) is 0 Å². The Morgan fingerprint density at radius 2 is 2.27 bits per heavy atom. The molecule has 1 aliphatic rings. The van der Waals surface area contributed by atoms with E-state index in [9.17, 15) is 0 Å². The summed E-state index contributed by atoms with van der Waals surface area (Å²) in [7, 11) is 4.18. The van der Waals surface area contributed by atoms with E-state index >= 15 is 0 Å². The number of aryl methyl sites for hydroxylation is 1. The lowest BCUT2D eigenvalue weighted by atomic mass is 10.2. The third-order valence-corrected chi connectivity index (χ3v) is 3.98. The minimum Gasteiger partial charge on any atom is -0.357 e. The third kappa shape index (κ3) is 5.66. The topological polar surface area (TPSA) is 32.6 Å². The van der Waals surface area contributed by atoms with Gasteiger partial charge < -0.3 is 14.8 Å². The molecular formula is C17H29IN4. The Balaban J connectivity index is 0.00000242. The van der Waals surface area contributed by atoms with Crippen molar-refractivity contribution < 1.29 is 0 Å². The second kappa shape index (κ2) is 9.92. The van der Waals surface area contributed by atoms with Gasteiger partial charge in [0, 0.05) is 39.1 Å². The van der Waals surface area contributed by atoms with Gasteiger partial charge in [0.1, 0.15) is 0 Å². The molecule has 0 unspecified atom stereocenters. The van der Waals surface area contributed by atoms with Gasteiger partial charge in [0.15, 0.2) is 5.96 Å². The number of halogens is 1. The van der Waals surface area contributed by atoms with Gasteiger partial charge in [-0.05, 0) is 44.7 Å². The van der Waals surface area contributed by atoms with Crippen molar-refractivity contribution in [3.8, 4) is 0 Å². The Morgan fingerprint density at radius 3 is 2.86 bits per heavy atom. The number of aliphatic imine (C=N–C) groups is 1. The molecule has 1 heterocycles. The zero-order chi connectivity index (χ0) is 15.1. The first kappa shape index (κ1) is 19.1. The van der Waals surface area contributed by atoms with E-state index in [1.165, 1.54) is 25.0 Å². The molecule has 1 aromatic rings. The number of hydrogen-bond acceptors (Lipinski definition) is 1. The van der Waals surface area contributed by atoms with Crippen molar-refractivity contribution >= 4 is 29.9 Å². The molecule has 0 radical (unpaired) electrons. The van der Waals surface area contributed by atoms with Crippen molar-refractivity contribution in [2.75, 3.05) is 20.1 Å². The van der Waals surface area contributed by atoms with Crippen LogP contribution in [0.4, 0.5) is 0 Å². The second-order valence-electron chi connectivity index (χ2n) is 5.71. The summed E-state index contributed by atoms with van der Waals surface area (Å²) in [5, 5.41) is 3.39. The number of rotatable bonds is 6. The highest BCUT2D eigenvalue weighted by Crippen LogP contribution is 2.20. The average molecular weight is 416 g/mol. The lowest BCUT2D eigenvalue weighted by molar-refractivity contribution is 0.462. The lowest BCUT2D eigenvalue weighted by Gasteiger charge is -2.22. The van der Waals surface area contributed by atoms with E-state index in [4.69, 9.17) is 4.99 Å². The van der Waals surface area contributed by atoms with Gasteiger partial charge in [-0.3, -0.25) is 4.99 Å². The standard InChI is InChI=1S/C17H28N4.HI/c1-4-18-17(19-12-11-15-8-5-6-9-15)21(3)14-16-10-7-13-20(16)2;/h7-8,10,13H,4-6,9,11-12,14H2,1-3H3,(H,18,19);1H. The van der Waals surface area contributed by atoms with Crippen LogP contribution in [0.15, 0.2) is 35.0 Å². The first-order chi connectivity index (χ1) is 10.2. The summed E-state index contributed by atoms with van der Waals surface area (Å²) in [6.45, 7) is 4.77. The van der Waals surface area contributed by atoms with Crippen molar-refractivity contribution in [3.05, 3.63) is 35.7 Å². The molecule has 124 valence electrons. The Morgan fingerprint density at radius 1 is 1.45 bits per heavy atom.